The molecule has 0 saturated carbocycles. The maximum atomic E-state index is 14.5. The third-order valence-electron chi connectivity index (χ3n) is 11.8. The lowest BCUT2D eigenvalue weighted by atomic mass is 9.96. The standard InChI is InChI=1S/C56H59F3O13S/c1-62-54-52(67-36-44-28-16-6-17-29-44)50(65-34-42-24-12-4-13-25-42)48(46(69-54)38-63-32-40-20-8-2-9-21-40)71-55-53(68-37-45-30-18-7-19-31-45)51(66-35-43-26-14-5-15-27-43)49(72-73(60,61)56(57,58)59)47(70-55)39-64-33-41-22-10-3-11-23-41/h2-31,46-55H,32-39H2,1H3/t46-,47-,48-,49+,50+,51+,52-,53-,54?,55-/m1/s1/i32D,34D,36D/t32?,34?,36?,46-,47-,48-,49+,50+,51+,52-,53-,54?,55-. The van der Waals surface area contributed by atoms with Crippen LogP contribution in [0, 0.1) is 0 Å². The highest BCUT2D eigenvalue weighted by molar-refractivity contribution is 7.87. The van der Waals surface area contributed by atoms with Gasteiger partial charge in [0.05, 0.1) is 56.9 Å². The van der Waals surface area contributed by atoms with Crippen molar-refractivity contribution in [3.63, 3.8) is 0 Å². The van der Waals surface area contributed by atoms with Gasteiger partial charge in [-0.25, -0.2) is 0 Å². The van der Waals surface area contributed by atoms with E-state index in [0.717, 1.165) is 0 Å². The van der Waals surface area contributed by atoms with Crippen LogP contribution in [0.2, 0.25) is 0 Å². The monoisotopic (exact) mass is 1030 g/mol. The lowest BCUT2D eigenvalue weighted by Crippen LogP contribution is -2.66. The van der Waals surface area contributed by atoms with Gasteiger partial charge in [-0.2, -0.15) is 21.6 Å². The summed E-state index contributed by atoms with van der Waals surface area (Å²) in [5.74, 6) is 0. The van der Waals surface area contributed by atoms with Crippen LogP contribution in [0.25, 0.3) is 0 Å². The number of hydrogen-bond donors (Lipinski definition) is 0. The Morgan fingerprint density at radius 1 is 0.452 bits per heavy atom. The summed E-state index contributed by atoms with van der Waals surface area (Å²) in [5, 5.41) is 0. The van der Waals surface area contributed by atoms with Gasteiger partial charge in [-0.05, 0) is 33.4 Å². The van der Waals surface area contributed by atoms with Gasteiger partial charge in [-0.3, -0.25) is 4.18 Å². The van der Waals surface area contributed by atoms with Crippen LogP contribution in [0.1, 0.15) is 37.5 Å². The molecule has 0 aromatic heterocycles. The molecule has 388 valence electrons. The lowest BCUT2D eigenvalue weighted by Gasteiger charge is -2.50. The minimum absolute atomic E-state index is 0.0760. The Hall–Kier alpha value is -5.38. The molecule has 2 aliphatic heterocycles. The predicted molar refractivity (Wildman–Crippen MR) is 261 cm³/mol. The van der Waals surface area contributed by atoms with E-state index in [1.54, 1.807) is 182 Å². The highest BCUT2D eigenvalue weighted by Gasteiger charge is 2.58. The van der Waals surface area contributed by atoms with E-state index in [0.29, 0.717) is 33.4 Å². The van der Waals surface area contributed by atoms with Crippen molar-refractivity contribution in [1.82, 2.24) is 0 Å². The van der Waals surface area contributed by atoms with Crippen LogP contribution in [-0.2, 0) is 101 Å². The van der Waals surface area contributed by atoms with Crippen LogP contribution in [0.5, 0.6) is 0 Å². The second-order valence-corrected chi connectivity index (χ2v) is 18.6. The fourth-order valence-corrected chi connectivity index (χ4v) is 8.81. The summed E-state index contributed by atoms with van der Waals surface area (Å²) in [5.41, 5.74) is -2.65. The molecule has 0 spiro atoms. The van der Waals surface area contributed by atoms with Crippen LogP contribution in [-0.4, -0.2) is 95.7 Å². The van der Waals surface area contributed by atoms with Gasteiger partial charge in [0.1, 0.15) is 48.8 Å². The van der Waals surface area contributed by atoms with E-state index in [1.165, 1.54) is 7.11 Å². The zero-order chi connectivity index (χ0) is 53.5. The molecule has 2 fully saturated rings. The number of methoxy groups -OCH3 is 1. The van der Waals surface area contributed by atoms with E-state index in [4.69, 9.17) is 52.9 Å². The average molecular weight is 1030 g/mol. The first kappa shape index (κ1) is 49.8. The summed E-state index contributed by atoms with van der Waals surface area (Å²) < 4.78 is 167. The van der Waals surface area contributed by atoms with Crippen molar-refractivity contribution in [3.05, 3.63) is 215 Å². The Morgan fingerprint density at radius 3 is 1.30 bits per heavy atom. The molecule has 17 heteroatoms. The summed E-state index contributed by atoms with van der Waals surface area (Å²) >= 11 is 0. The molecule has 0 radical (unpaired) electrons. The number of rotatable bonds is 25. The lowest BCUT2D eigenvalue weighted by molar-refractivity contribution is -0.372. The van der Waals surface area contributed by atoms with Gasteiger partial charge in [0, 0.05) is 7.11 Å². The maximum absolute atomic E-state index is 14.5. The molecule has 0 bridgehead atoms. The summed E-state index contributed by atoms with van der Waals surface area (Å²) in [7, 11) is -5.01. The molecule has 13 nitrogen and oxygen atoms in total. The number of ether oxygens (including phenoxy) is 10. The van der Waals surface area contributed by atoms with Crippen molar-refractivity contribution in [2.24, 2.45) is 0 Å². The van der Waals surface area contributed by atoms with Crippen LogP contribution in [0.3, 0.4) is 0 Å². The van der Waals surface area contributed by atoms with Gasteiger partial charge in [0.15, 0.2) is 12.6 Å². The number of benzene rings is 6. The Bertz CT molecular complexity index is 2730. The first-order valence-electron chi connectivity index (χ1n) is 25.3. The zero-order valence-electron chi connectivity index (χ0n) is 42.7. The van der Waals surface area contributed by atoms with E-state index in [9.17, 15) is 24.3 Å². The zero-order valence-corrected chi connectivity index (χ0v) is 40.5. The second-order valence-electron chi connectivity index (χ2n) is 17.0. The minimum Gasteiger partial charge on any atom is -0.374 e. The highest BCUT2D eigenvalue weighted by atomic mass is 32.2. The van der Waals surface area contributed by atoms with Gasteiger partial charge >= 0.3 is 15.6 Å². The molecule has 0 aliphatic carbocycles. The van der Waals surface area contributed by atoms with Crippen molar-refractivity contribution in [2.75, 3.05) is 20.3 Å². The van der Waals surface area contributed by atoms with Crippen LogP contribution in [0.4, 0.5) is 13.2 Å². The molecular formula is C56H59F3O13S. The molecule has 8 rings (SSSR count). The van der Waals surface area contributed by atoms with Crippen LogP contribution >= 0.6 is 0 Å². The molecule has 73 heavy (non-hydrogen) atoms. The fourth-order valence-electron chi connectivity index (χ4n) is 8.17. The molecule has 2 aliphatic rings. The van der Waals surface area contributed by atoms with Crippen molar-refractivity contribution in [2.45, 2.75) is 106 Å². The molecule has 4 unspecified atom stereocenters. The summed E-state index contributed by atoms with van der Waals surface area (Å²) in [6.07, 6.45) is -15.8. The topological polar surface area (TPSA) is 136 Å². The molecule has 13 atom stereocenters. The summed E-state index contributed by atoms with van der Waals surface area (Å²) in [6, 6.07) is 52.2. The Kier molecular flexibility index (Phi) is 18.2. The number of hydrogen-bond acceptors (Lipinski definition) is 13. The van der Waals surface area contributed by atoms with Crippen molar-refractivity contribution < 1.29 is 77.3 Å². The van der Waals surface area contributed by atoms with E-state index in [2.05, 4.69) is 0 Å². The average Bonchev–Trinajstić information content (AvgIpc) is 3.48. The van der Waals surface area contributed by atoms with E-state index in [1.807, 2.05) is 0 Å². The van der Waals surface area contributed by atoms with Crippen LogP contribution in [0.15, 0.2) is 182 Å². The largest absolute Gasteiger partial charge is 0.523 e. The molecule has 2 saturated heterocycles. The van der Waals surface area contributed by atoms with Gasteiger partial charge in [0.25, 0.3) is 0 Å². The second kappa shape index (κ2) is 26.7. The SMILES string of the molecule is [2H]C(OC[C@H]1OC(OC)[C@H](OC([2H])c2ccccc2)[C@@H](OC([2H])c2ccccc2)[C@@H]1O[C@H]1O[C@H](COCc2ccccc2)[C@H](OS(=O)(=O)C(F)(F)F)[C@H](OCc2ccccc2)[C@H]1OCc1ccccc1)c1ccccc1. The number of alkyl halides is 3. The van der Waals surface area contributed by atoms with Gasteiger partial charge in [-0.1, -0.05) is 182 Å². The molecular weight excluding hydrogens is 970 g/mol. The van der Waals surface area contributed by atoms with E-state index >= 15 is 0 Å². The Morgan fingerprint density at radius 2 is 0.822 bits per heavy atom. The van der Waals surface area contributed by atoms with E-state index in [-0.39, 0.29) is 19.8 Å². The molecule has 2 heterocycles. The number of halogens is 3. The van der Waals surface area contributed by atoms with Gasteiger partial charge < -0.3 is 47.4 Å². The first-order chi connectivity index (χ1) is 36.8. The Labute approximate surface area is 428 Å². The molecule has 0 N–H and O–H groups in total. The molecule has 6 aromatic rings. The normalized spacial score (nSPS) is 26.4. The molecule has 0 amide bonds. The van der Waals surface area contributed by atoms with Gasteiger partial charge in [0.2, 0.25) is 0 Å². The predicted octanol–water partition coefficient (Wildman–Crippen LogP) is 9.48. The van der Waals surface area contributed by atoms with Gasteiger partial charge in [-0.15, -0.1) is 0 Å². The summed E-state index contributed by atoms with van der Waals surface area (Å²) in [4.78, 5) is 0. The molecule has 6 aromatic carbocycles. The highest BCUT2D eigenvalue weighted by Crippen LogP contribution is 2.38. The van der Waals surface area contributed by atoms with Crippen molar-refractivity contribution >= 4 is 10.1 Å². The first-order valence-corrected chi connectivity index (χ1v) is 24.9. The third-order valence-corrected chi connectivity index (χ3v) is 12.8. The minimum atomic E-state index is -6.36. The summed E-state index contributed by atoms with van der Waals surface area (Å²) in [6.45, 7) is -5.62. The maximum Gasteiger partial charge on any atom is 0.523 e. The van der Waals surface area contributed by atoms with Crippen LogP contribution < -0.4 is 0 Å². The van der Waals surface area contributed by atoms with Crippen molar-refractivity contribution in [3.8, 4) is 0 Å². The van der Waals surface area contributed by atoms with E-state index < -0.39 is 110 Å². The third kappa shape index (κ3) is 15.4. The quantitative estimate of drug-likeness (QED) is 0.0398. The Balaban J connectivity index is 1.25. The fraction of sp³-hybridized carbons (Fsp3) is 0.357. The van der Waals surface area contributed by atoms with Crippen molar-refractivity contribution in [1.29, 1.82) is 0 Å². The smallest absolute Gasteiger partial charge is 0.374 e.